The Hall–Kier alpha value is -1.10. The zero-order chi connectivity index (χ0) is 11.4. The monoisotopic (exact) mass is 213 g/mol. The van der Waals surface area contributed by atoms with Gasteiger partial charge in [-0.15, -0.1) is 0 Å². The van der Waals surface area contributed by atoms with Crippen molar-refractivity contribution in [3.05, 3.63) is 0 Å². The molecule has 5 nitrogen and oxygen atoms in total. The minimum absolute atomic E-state index is 0.0579. The van der Waals surface area contributed by atoms with Gasteiger partial charge in [-0.05, 0) is 19.3 Å². The topological polar surface area (TPSA) is 66.6 Å². The van der Waals surface area contributed by atoms with Crippen molar-refractivity contribution in [1.29, 1.82) is 0 Å². The Morgan fingerprint density at radius 3 is 2.80 bits per heavy atom. The SMILES string of the molecule is CN(C)C(=O)CN1CCCC[C@H](N)C1=O. The van der Waals surface area contributed by atoms with E-state index in [1.54, 1.807) is 19.0 Å². The van der Waals surface area contributed by atoms with E-state index in [9.17, 15) is 9.59 Å². The zero-order valence-electron chi connectivity index (χ0n) is 9.40. The molecule has 1 fully saturated rings. The first-order valence-corrected chi connectivity index (χ1v) is 5.27. The zero-order valence-corrected chi connectivity index (χ0v) is 9.40. The molecule has 0 aromatic heterocycles. The van der Waals surface area contributed by atoms with Crippen LogP contribution in [-0.2, 0) is 9.59 Å². The second-order valence-corrected chi connectivity index (χ2v) is 4.15. The summed E-state index contributed by atoms with van der Waals surface area (Å²) >= 11 is 0. The fourth-order valence-corrected chi connectivity index (χ4v) is 1.60. The first kappa shape index (κ1) is 12.0. The van der Waals surface area contributed by atoms with Gasteiger partial charge in [0.05, 0.1) is 12.6 Å². The van der Waals surface area contributed by atoms with Crippen LogP contribution in [0.4, 0.5) is 0 Å². The molecule has 1 aliphatic heterocycles. The number of amides is 2. The normalized spacial score (nSPS) is 22.5. The van der Waals surface area contributed by atoms with Crippen LogP contribution in [0.1, 0.15) is 19.3 Å². The molecule has 1 heterocycles. The van der Waals surface area contributed by atoms with Gasteiger partial charge >= 0.3 is 0 Å². The van der Waals surface area contributed by atoms with Gasteiger partial charge in [0.25, 0.3) is 0 Å². The fraction of sp³-hybridized carbons (Fsp3) is 0.800. The van der Waals surface area contributed by atoms with Crippen molar-refractivity contribution in [2.45, 2.75) is 25.3 Å². The van der Waals surface area contributed by atoms with Crippen LogP contribution in [0.15, 0.2) is 0 Å². The van der Waals surface area contributed by atoms with Gasteiger partial charge in [-0.25, -0.2) is 0 Å². The maximum atomic E-state index is 11.7. The molecule has 1 saturated heterocycles. The average Bonchev–Trinajstić information content (AvgIpc) is 2.33. The number of carbonyl (C=O) groups excluding carboxylic acids is 2. The number of hydrogen-bond donors (Lipinski definition) is 1. The van der Waals surface area contributed by atoms with E-state index in [-0.39, 0.29) is 18.4 Å². The van der Waals surface area contributed by atoms with E-state index in [1.165, 1.54) is 4.90 Å². The van der Waals surface area contributed by atoms with E-state index in [4.69, 9.17) is 5.73 Å². The molecule has 0 bridgehead atoms. The van der Waals surface area contributed by atoms with Gasteiger partial charge in [0.15, 0.2) is 0 Å². The van der Waals surface area contributed by atoms with Crippen molar-refractivity contribution in [2.75, 3.05) is 27.2 Å². The summed E-state index contributed by atoms with van der Waals surface area (Å²) in [7, 11) is 3.37. The van der Waals surface area contributed by atoms with Crippen LogP contribution in [0.3, 0.4) is 0 Å². The highest BCUT2D eigenvalue weighted by molar-refractivity contribution is 5.87. The number of likely N-dealkylation sites (tertiary alicyclic amines) is 1. The summed E-state index contributed by atoms with van der Waals surface area (Å²) in [5.41, 5.74) is 5.70. The molecule has 15 heavy (non-hydrogen) atoms. The minimum Gasteiger partial charge on any atom is -0.347 e. The number of likely N-dealkylation sites (N-methyl/N-ethyl adjacent to an activating group) is 1. The molecule has 0 unspecified atom stereocenters. The molecule has 0 radical (unpaired) electrons. The standard InChI is InChI=1S/C10H19N3O2/c1-12(2)9(14)7-13-6-4-3-5-8(11)10(13)15/h8H,3-7,11H2,1-2H3/t8-/m0/s1. The minimum atomic E-state index is -0.428. The molecule has 2 amide bonds. The van der Waals surface area contributed by atoms with Gasteiger partial charge in [0.1, 0.15) is 0 Å². The second-order valence-electron chi connectivity index (χ2n) is 4.15. The van der Waals surface area contributed by atoms with E-state index in [0.29, 0.717) is 6.54 Å². The molecule has 86 valence electrons. The van der Waals surface area contributed by atoms with Gasteiger partial charge in [-0.2, -0.15) is 0 Å². The molecule has 0 aromatic rings. The van der Waals surface area contributed by atoms with Crippen LogP contribution >= 0.6 is 0 Å². The van der Waals surface area contributed by atoms with Crippen molar-refractivity contribution in [3.63, 3.8) is 0 Å². The predicted molar refractivity (Wildman–Crippen MR) is 57.1 cm³/mol. The number of nitrogens with two attached hydrogens (primary N) is 1. The lowest BCUT2D eigenvalue weighted by Gasteiger charge is -2.23. The molecule has 0 saturated carbocycles. The van der Waals surface area contributed by atoms with Gasteiger partial charge < -0.3 is 15.5 Å². The summed E-state index contributed by atoms with van der Waals surface area (Å²) in [6, 6.07) is -0.428. The van der Waals surface area contributed by atoms with Crippen LogP contribution in [0.5, 0.6) is 0 Å². The van der Waals surface area contributed by atoms with E-state index in [0.717, 1.165) is 19.3 Å². The summed E-state index contributed by atoms with van der Waals surface area (Å²) in [4.78, 5) is 26.3. The molecule has 2 N–H and O–H groups in total. The molecule has 0 spiro atoms. The van der Waals surface area contributed by atoms with Crippen molar-refractivity contribution in [3.8, 4) is 0 Å². The van der Waals surface area contributed by atoms with E-state index in [1.807, 2.05) is 0 Å². The maximum Gasteiger partial charge on any atom is 0.241 e. The lowest BCUT2D eigenvalue weighted by atomic mass is 10.1. The Bertz CT molecular complexity index is 253. The number of hydrogen-bond acceptors (Lipinski definition) is 3. The van der Waals surface area contributed by atoms with Crippen LogP contribution in [0.25, 0.3) is 0 Å². The summed E-state index contributed by atoms with van der Waals surface area (Å²) in [6.07, 6.45) is 2.62. The highest BCUT2D eigenvalue weighted by atomic mass is 16.2. The van der Waals surface area contributed by atoms with E-state index >= 15 is 0 Å². The highest BCUT2D eigenvalue weighted by Crippen LogP contribution is 2.10. The first-order valence-electron chi connectivity index (χ1n) is 5.27. The van der Waals surface area contributed by atoms with Gasteiger partial charge in [-0.3, -0.25) is 9.59 Å². The van der Waals surface area contributed by atoms with E-state index < -0.39 is 6.04 Å². The molecule has 1 rings (SSSR count). The van der Waals surface area contributed by atoms with Gasteiger partial charge in [0.2, 0.25) is 11.8 Å². The lowest BCUT2D eigenvalue weighted by Crippen LogP contribution is -2.46. The van der Waals surface area contributed by atoms with Crippen molar-refractivity contribution in [2.24, 2.45) is 5.73 Å². The van der Waals surface area contributed by atoms with Crippen LogP contribution in [0.2, 0.25) is 0 Å². The van der Waals surface area contributed by atoms with Gasteiger partial charge in [-0.1, -0.05) is 0 Å². The van der Waals surface area contributed by atoms with Crippen LogP contribution in [-0.4, -0.2) is 54.8 Å². The Morgan fingerprint density at radius 2 is 2.20 bits per heavy atom. The average molecular weight is 213 g/mol. The molecular weight excluding hydrogens is 194 g/mol. The summed E-state index contributed by atoms with van der Waals surface area (Å²) in [5.74, 6) is -0.153. The third-order valence-electron chi connectivity index (χ3n) is 2.65. The third-order valence-corrected chi connectivity index (χ3v) is 2.65. The van der Waals surface area contributed by atoms with Crippen molar-refractivity contribution < 1.29 is 9.59 Å². The molecule has 5 heteroatoms. The van der Waals surface area contributed by atoms with Crippen molar-refractivity contribution in [1.82, 2.24) is 9.80 Å². The number of nitrogens with zero attached hydrogens (tertiary/aromatic N) is 2. The third kappa shape index (κ3) is 3.20. The fourth-order valence-electron chi connectivity index (χ4n) is 1.60. The Morgan fingerprint density at radius 1 is 1.53 bits per heavy atom. The van der Waals surface area contributed by atoms with Crippen LogP contribution in [0, 0.1) is 0 Å². The second kappa shape index (κ2) is 5.11. The van der Waals surface area contributed by atoms with Gasteiger partial charge in [0, 0.05) is 20.6 Å². The molecular formula is C10H19N3O2. The van der Waals surface area contributed by atoms with E-state index in [2.05, 4.69) is 0 Å². The largest absolute Gasteiger partial charge is 0.347 e. The smallest absolute Gasteiger partial charge is 0.241 e. The summed E-state index contributed by atoms with van der Waals surface area (Å²) in [5, 5.41) is 0. The highest BCUT2D eigenvalue weighted by Gasteiger charge is 2.25. The summed E-state index contributed by atoms with van der Waals surface area (Å²) < 4.78 is 0. The number of rotatable bonds is 2. The predicted octanol–water partition coefficient (Wildman–Crippen LogP) is -0.586. The first-order chi connectivity index (χ1) is 7.02. The van der Waals surface area contributed by atoms with Crippen LogP contribution < -0.4 is 5.73 Å². The summed E-state index contributed by atoms with van der Waals surface area (Å²) in [6.45, 7) is 0.797. The number of carbonyl (C=O) groups is 2. The Kier molecular flexibility index (Phi) is 4.08. The lowest BCUT2D eigenvalue weighted by molar-refractivity contribution is -0.139. The Balaban J connectivity index is 2.58. The molecule has 1 atom stereocenters. The quantitative estimate of drug-likeness (QED) is 0.667. The molecule has 0 aromatic carbocycles. The van der Waals surface area contributed by atoms with Crippen molar-refractivity contribution >= 4 is 11.8 Å². The molecule has 0 aliphatic carbocycles. The Labute approximate surface area is 90.2 Å². The molecule has 1 aliphatic rings. The maximum absolute atomic E-state index is 11.7.